The monoisotopic (exact) mass is 405 g/mol. The Balaban J connectivity index is 2.48. The minimum Gasteiger partial charge on any atom is -0.373 e. The SMILES string of the molecule is C=C/C(=C(\N(C)C)C(F)(F)F)[C@H]1CN(C)C(=O)[C@@H]1C(=O)Nc1ccsc1F. The van der Waals surface area contributed by atoms with E-state index in [2.05, 4.69) is 11.9 Å². The largest absolute Gasteiger partial charge is 0.431 e. The van der Waals surface area contributed by atoms with Crippen molar-refractivity contribution >= 4 is 28.8 Å². The van der Waals surface area contributed by atoms with E-state index in [4.69, 9.17) is 0 Å². The molecule has 148 valence electrons. The number of allylic oxidation sites excluding steroid dienone is 2. The van der Waals surface area contributed by atoms with Gasteiger partial charge >= 0.3 is 6.18 Å². The van der Waals surface area contributed by atoms with Crippen molar-refractivity contribution in [3.05, 3.63) is 40.5 Å². The zero-order chi connectivity index (χ0) is 20.5. The van der Waals surface area contributed by atoms with Crippen molar-refractivity contribution in [1.29, 1.82) is 0 Å². The van der Waals surface area contributed by atoms with E-state index in [9.17, 15) is 27.2 Å². The summed E-state index contributed by atoms with van der Waals surface area (Å²) in [6, 6.07) is 1.32. The van der Waals surface area contributed by atoms with Crippen LogP contribution in [0.1, 0.15) is 0 Å². The first-order chi connectivity index (χ1) is 12.5. The molecule has 0 spiro atoms. The molecule has 2 atom stereocenters. The summed E-state index contributed by atoms with van der Waals surface area (Å²) < 4.78 is 54.3. The Morgan fingerprint density at radius 1 is 1.44 bits per heavy atom. The van der Waals surface area contributed by atoms with Crippen LogP contribution < -0.4 is 5.32 Å². The predicted molar refractivity (Wildman–Crippen MR) is 94.5 cm³/mol. The fraction of sp³-hybridized carbons (Fsp3) is 0.412. The number of nitrogens with zero attached hydrogens (tertiary/aromatic N) is 2. The Bertz CT molecular complexity index is 785. The van der Waals surface area contributed by atoms with Crippen LogP contribution >= 0.6 is 11.3 Å². The molecule has 0 aromatic carbocycles. The van der Waals surface area contributed by atoms with E-state index in [1.807, 2.05) is 0 Å². The van der Waals surface area contributed by atoms with Gasteiger partial charge in [0.05, 0.1) is 5.69 Å². The Morgan fingerprint density at radius 3 is 2.52 bits per heavy atom. The summed E-state index contributed by atoms with van der Waals surface area (Å²) in [6.07, 6.45) is -3.68. The van der Waals surface area contributed by atoms with Gasteiger partial charge in [-0.2, -0.15) is 17.6 Å². The number of thiophene rings is 1. The Labute approximate surface area is 157 Å². The van der Waals surface area contributed by atoms with Crippen molar-refractivity contribution < 1.29 is 27.2 Å². The maximum Gasteiger partial charge on any atom is 0.431 e. The molecule has 0 saturated carbocycles. The molecule has 1 aromatic heterocycles. The third-order valence-corrected chi connectivity index (χ3v) is 4.98. The number of carbonyl (C=O) groups is 2. The van der Waals surface area contributed by atoms with E-state index in [0.29, 0.717) is 0 Å². The average Bonchev–Trinajstić information content (AvgIpc) is 3.07. The molecule has 2 heterocycles. The van der Waals surface area contributed by atoms with Crippen LogP contribution in [0.15, 0.2) is 35.4 Å². The molecule has 1 fully saturated rings. The molecule has 10 heteroatoms. The third kappa shape index (κ3) is 4.15. The van der Waals surface area contributed by atoms with E-state index in [1.165, 1.54) is 37.5 Å². The molecule has 1 aliphatic heterocycles. The second-order valence-corrected chi connectivity index (χ2v) is 7.17. The lowest BCUT2D eigenvalue weighted by molar-refractivity contribution is -0.135. The zero-order valence-corrected chi connectivity index (χ0v) is 15.7. The van der Waals surface area contributed by atoms with Crippen LogP contribution in [0, 0.1) is 17.0 Å². The number of carbonyl (C=O) groups excluding carboxylic acids is 2. The molecule has 1 N–H and O–H groups in total. The van der Waals surface area contributed by atoms with E-state index in [-0.39, 0.29) is 17.8 Å². The minimum atomic E-state index is -4.70. The van der Waals surface area contributed by atoms with Crippen LogP contribution in [-0.2, 0) is 9.59 Å². The summed E-state index contributed by atoms with van der Waals surface area (Å²) in [4.78, 5) is 27.1. The van der Waals surface area contributed by atoms with Crippen LogP contribution in [0.5, 0.6) is 0 Å². The smallest absolute Gasteiger partial charge is 0.373 e. The van der Waals surface area contributed by atoms with Gasteiger partial charge in [0.15, 0.2) is 5.13 Å². The van der Waals surface area contributed by atoms with Crippen molar-refractivity contribution in [1.82, 2.24) is 9.80 Å². The molecular weight excluding hydrogens is 386 g/mol. The summed E-state index contributed by atoms with van der Waals surface area (Å²) in [5.41, 5.74) is -1.35. The summed E-state index contributed by atoms with van der Waals surface area (Å²) >= 11 is 0.756. The number of amides is 2. The summed E-state index contributed by atoms with van der Waals surface area (Å²) in [5, 5.41) is 3.06. The van der Waals surface area contributed by atoms with Gasteiger partial charge in [-0.3, -0.25) is 9.59 Å². The first-order valence-electron chi connectivity index (χ1n) is 7.89. The molecule has 1 aromatic rings. The maximum absolute atomic E-state index is 13.6. The molecule has 0 unspecified atom stereocenters. The third-order valence-electron chi connectivity index (χ3n) is 4.28. The molecule has 0 aliphatic carbocycles. The number of anilines is 1. The fourth-order valence-corrected chi connectivity index (χ4v) is 3.73. The number of alkyl halides is 3. The average molecular weight is 405 g/mol. The van der Waals surface area contributed by atoms with Gasteiger partial charge < -0.3 is 15.1 Å². The predicted octanol–water partition coefficient (Wildman–Crippen LogP) is 3.09. The molecule has 0 bridgehead atoms. The lowest BCUT2D eigenvalue weighted by Gasteiger charge is -2.27. The van der Waals surface area contributed by atoms with E-state index in [1.54, 1.807) is 0 Å². The van der Waals surface area contributed by atoms with Gasteiger partial charge in [0.25, 0.3) is 0 Å². The highest BCUT2D eigenvalue weighted by Gasteiger charge is 2.48. The Kier molecular flexibility index (Phi) is 5.98. The van der Waals surface area contributed by atoms with Crippen molar-refractivity contribution in [3.8, 4) is 0 Å². The van der Waals surface area contributed by atoms with E-state index >= 15 is 0 Å². The van der Waals surface area contributed by atoms with E-state index in [0.717, 1.165) is 22.3 Å². The lowest BCUT2D eigenvalue weighted by atomic mass is 9.85. The van der Waals surface area contributed by atoms with Crippen molar-refractivity contribution in [3.63, 3.8) is 0 Å². The number of nitrogens with one attached hydrogen (secondary N) is 1. The number of rotatable bonds is 5. The summed E-state index contributed by atoms with van der Waals surface area (Å²) in [5.74, 6) is -3.97. The van der Waals surface area contributed by atoms with Gasteiger partial charge in [0.2, 0.25) is 11.8 Å². The summed E-state index contributed by atoms with van der Waals surface area (Å²) in [6.45, 7) is 3.37. The number of likely N-dealkylation sites (tertiary alicyclic amines) is 1. The zero-order valence-electron chi connectivity index (χ0n) is 14.9. The lowest BCUT2D eigenvalue weighted by Crippen LogP contribution is -2.35. The highest BCUT2D eigenvalue weighted by molar-refractivity contribution is 7.08. The molecule has 1 saturated heterocycles. The quantitative estimate of drug-likeness (QED) is 0.465. The van der Waals surface area contributed by atoms with Crippen molar-refractivity contribution in [2.24, 2.45) is 11.8 Å². The molecule has 2 amide bonds. The Hall–Kier alpha value is -2.36. The Morgan fingerprint density at radius 2 is 2.07 bits per heavy atom. The fourth-order valence-electron chi connectivity index (χ4n) is 3.16. The van der Waals surface area contributed by atoms with Gasteiger partial charge in [0, 0.05) is 33.6 Å². The highest BCUT2D eigenvalue weighted by Crippen LogP contribution is 2.39. The summed E-state index contributed by atoms with van der Waals surface area (Å²) in [7, 11) is 3.85. The van der Waals surface area contributed by atoms with E-state index < -0.39 is 40.7 Å². The van der Waals surface area contributed by atoms with Gasteiger partial charge in [-0.1, -0.05) is 12.7 Å². The molecule has 1 aliphatic rings. The topological polar surface area (TPSA) is 52.7 Å². The molecule has 2 rings (SSSR count). The normalized spacial score (nSPS) is 21.1. The molecular formula is C17H19F4N3O2S. The molecule has 0 radical (unpaired) electrons. The van der Waals surface area contributed by atoms with Crippen LogP contribution in [0.25, 0.3) is 0 Å². The van der Waals surface area contributed by atoms with Gasteiger partial charge in [-0.05, 0) is 17.0 Å². The van der Waals surface area contributed by atoms with Gasteiger partial charge in [-0.25, -0.2) is 0 Å². The first-order valence-corrected chi connectivity index (χ1v) is 8.77. The van der Waals surface area contributed by atoms with Crippen LogP contribution in [0.2, 0.25) is 0 Å². The highest BCUT2D eigenvalue weighted by atomic mass is 32.1. The number of halogens is 4. The van der Waals surface area contributed by atoms with Crippen LogP contribution in [0.4, 0.5) is 23.2 Å². The second-order valence-electron chi connectivity index (χ2n) is 6.30. The standard InChI is InChI=1S/C17H19F4N3O2S/c1-5-9(13(23(2)3)17(19,20)21)10-8-24(4)16(26)12(10)15(25)22-11-6-7-27-14(11)18/h5-7,10,12H,1,8H2,2-4H3,(H,22,25)/b13-9+/t10-,12+/m1/s1. The van der Waals surface area contributed by atoms with Crippen molar-refractivity contribution in [2.45, 2.75) is 6.18 Å². The molecule has 5 nitrogen and oxygen atoms in total. The number of hydrogen-bond donors (Lipinski definition) is 1. The van der Waals surface area contributed by atoms with Crippen molar-refractivity contribution in [2.75, 3.05) is 33.0 Å². The maximum atomic E-state index is 13.6. The minimum absolute atomic E-state index is 0.0855. The van der Waals surface area contributed by atoms with Crippen LogP contribution in [0.3, 0.4) is 0 Å². The van der Waals surface area contributed by atoms with Crippen LogP contribution in [-0.4, -0.2) is 55.5 Å². The number of hydrogen-bond acceptors (Lipinski definition) is 4. The van der Waals surface area contributed by atoms with Gasteiger partial charge in [-0.15, -0.1) is 11.3 Å². The molecule has 27 heavy (non-hydrogen) atoms. The second kappa shape index (κ2) is 7.71. The van der Waals surface area contributed by atoms with Gasteiger partial charge in [0.1, 0.15) is 11.6 Å². The first kappa shape index (κ1) is 20.9.